The summed E-state index contributed by atoms with van der Waals surface area (Å²) in [7, 11) is 0. The number of allylic oxidation sites excluding steroid dienone is 2. The molecule has 1 aromatic carbocycles. The van der Waals surface area contributed by atoms with Crippen molar-refractivity contribution in [2.75, 3.05) is 5.84 Å². The normalized spacial score (nSPS) is 12.9. The van der Waals surface area contributed by atoms with Crippen LogP contribution in [0.25, 0.3) is 18.2 Å². The Morgan fingerprint density at radius 3 is 2.59 bits per heavy atom. The van der Waals surface area contributed by atoms with Gasteiger partial charge in [-0.1, -0.05) is 49.6 Å². The second-order valence-corrected chi connectivity index (χ2v) is 6.96. The van der Waals surface area contributed by atoms with Gasteiger partial charge in [-0.25, -0.2) is 4.99 Å². The second-order valence-electron chi connectivity index (χ2n) is 6.96. The molecule has 0 spiro atoms. The van der Waals surface area contributed by atoms with Gasteiger partial charge in [0.2, 0.25) is 0 Å². The first-order valence-electron chi connectivity index (χ1n) is 9.97. The van der Waals surface area contributed by atoms with Gasteiger partial charge in [-0.3, -0.25) is 9.66 Å². The van der Waals surface area contributed by atoms with Gasteiger partial charge in [-0.2, -0.15) is 0 Å². The molecule has 0 saturated heterocycles. The highest BCUT2D eigenvalue weighted by molar-refractivity contribution is 6.10. The third kappa shape index (κ3) is 5.34. The molecule has 7 nitrogen and oxygen atoms in total. The minimum absolute atomic E-state index is 0.491. The maximum Gasteiger partial charge on any atom is 0.119 e. The van der Waals surface area contributed by atoms with Crippen molar-refractivity contribution < 1.29 is 0 Å². The molecule has 2 heterocycles. The molecule has 7 N–H and O–H groups in total. The van der Waals surface area contributed by atoms with Crippen LogP contribution in [0.5, 0.6) is 0 Å². The van der Waals surface area contributed by atoms with Gasteiger partial charge >= 0.3 is 0 Å². The van der Waals surface area contributed by atoms with Crippen LogP contribution in [-0.2, 0) is 6.54 Å². The van der Waals surface area contributed by atoms with E-state index in [4.69, 9.17) is 17.3 Å². The average molecular weight is 426 g/mol. The number of rotatable bonds is 8. The molecule has 0 unspecified atom stereocenters. The first-order chi connectivity index (χ1) is 15.5. The van der Waals surface area contributed by atoms with Gasteiger partial charge in [0.1, 0.15) is 5.82 Å². The average Bonchev–Trinajstić information content (AvgIpc) is 3.10. The summed E-state index contributed by atoms with van der Waals surface area (Å²) in [6.07, 6.45) is 11.7. The van der Waals surface area contributed by atoms with E-state index in [1.165, 1.54) is 17.1 Å². The van der Waals surface area contributed by atoms with E-state index in [2.05, 4.69) is 28.5 Å². The molecular weight excluding hydrogens is 398 g/mol. The van der Waals surface area contributed by atoms with E-state index in [-0.39, 0.29) is 0 Å². The molecule has 3 aromatic rings. The van der Waals surface area contributed by atoms with E-state index >= 15 is 0 Å². The highest BCUT2D eigenvalue weighted by Crippen LogP contribution is 2.13. The first kappa shape index (κ1) is 22.2. The molecule has 0 aliphatic rings. The lowest BCUT2D eigenvalue weighted by atomic mass is 10.1. The summed E-state index contributed by atoms with van der Waals surface area (Å²) < 4.78 is 1.44. The maximum absolute atomic E-state index is 6.12. The summed E-state index contributed by atoms with van der Waals surface area (Å²) in [4.78, 5) is 8.80. The Hall–Kier alpha value is -4.52. The van der Waals surface area contributed by atoms with E-state index in [9.17, 15) is 0 Å². The number of aliphatic imine (C=N–C) groups is 1. The van der Waals surface area contributed by atoms with Crippen LogP contribution in [0.3, 0.4) is 0 Å². The minimum Gasteiger partial charge on any atom is -0.405 e. The summed E-state index contributed by atoms with van der Waals surface area (Å²) in [6, 6.07) is 13.8. The number of nitrogens with two attached hydrogens (primary N) is 3. The van der Waals surface area contributed by atoms with Crippen LogP contribution in [0, 0.1) is 0 Å². The van der Waals surface area contributed by atoms with Crippen LogP contribution in [0.15, 0.2) is 96.9 Å². The largest absolute Gasteiger partial charge is 0.405 e. The van der Waals surface area contributed by atoms with Gasteiger partial charge < -0.3 is 22.6 Å². The van der Waals surface area contributed by atoms with E-state index in [1.807, 2.05) is 48.5 Å². The van der Waals surface area contributed by atoms with Gasteiger partial charge in [-0.15, -0.1) is 0 Å². The van der Waals surface area contributed by atoms with E-state index < -0.39 is 0 Å². The fraction of sp³-hybridized carbons (Fsp3) is 0.0400. The molecule has 2 aromatic heterocycles. The maximum atomic E-state index is 6.12. The van der Waals surface area contributed by atoms with Gasteiger partial charge in [0.25, 0.3) is 0 Å². The molecule has 0 bridgehead atoms. The molecule has 0 aliphatic carbocycles. The van der Waals surface area contributed by atoms with Crippen LogP contribution in [-0.4, -0.2) is 15.4 Å². The number of aromatic nitrogens is 2. The summed E-state index contributed by atoms with van der Waals surface area (Å²) in [5.74, 6) is 6.61. The van der Waals surface area contributed by atoms with Crippen molar-refractivity contribution in [2.24, 2.45) is 16.5 Å². The number of pyridine rings is 1. The molecule has 0 aliphatic heterocycles. The number of nitrogen functional groups attached to an aromatic ring is 1. The quantitative estimate of drug-likeness (QED) is 0.320. The van der Waals surface area contributed by atoms with Crippen LogP contribution >= 0.6 is 0 Å². The van der Waals surface area contributed by atoms with Gasteiger partial charge in [-0.05, 0) is 35.6 Å². The zero-order valence-corrected chi connectivity index (χ0v) is 17.8. The molecule has 0 atom stereocenters. The summed E-state index contributed by atoms with van der Waals surface area (Å²) in [5.41, 5.74) is 15.7. The monoisotopic (exact) mass is 425 g/mol. The van der Waals surface area contributed by atoms with Crippen molar-refractivity contribution in [3.05, 3.63) is 119 Å². The smallest absolute Gasteiger partial charge is 0.119 e. The predicted molar refractivity (Wildman–Crippen MR) is 133 cm³/mol. The zero-order valence-electron chi connectivity index (χ0n) is 17.8. The third-order valence-electron chi connectivity index (χ3n) is 4.78. The summed E-state index contributed by atoms with van der Waals surface area (Å²) in [6.45, 7) is 8.72. The van der Waals surface area contributed by atoms with Crippen molar-refractivity contribution >= 4 is 23.9 Å². The van der Waals surface area contributed by atoms with Gasteiger partial charge in [0, 0.05) is 47.7 Å². The fourth-order valence-corrected chi connectivity index (χ4v) is 3.13. The SMILES string of the molecule is C=C(/N=C(\C=C/N)c1cn(N)c(=C)/c1=C\C(=C/N)c1cccnc1)NCc1ccccc1. The number of nitrogens with one attached hydrogen (secondary N) is 1. The Balaban J connectivity index is 2.00. The van der Waals surface area contributed by atoms with E-state index in [1.54, 1.807) is 24.7 Å². The third-order valence-corrected chi connectivity index (χ3v) is 4.78. The molecular formula is C25H27N7. The standard InChI is InChI=1S/C25H27N7/c1-18-23(13-22(14-27)21-9-6-12-29-16-21)24(17-32(18)28)25(10-11-26)31-19(2)30-15-20-7-4-3-5-8-20/h3-14,16-17,30H,1-2,15,26-28H2/b11-10-,22-14+,23-13+,31-25+. The van der Waals surface area contributed by atoms with Crippen molar-refractivity contribution in [3.8, 4) is 0 Å². The summed E-state index contributed by atoms with van der Waals surface area (Å²) >= 11 is 0. The molecule has 0 radical (unpaired) electrons. The van der Waals surface area contributed by atoms with E-state index in [0.717, 1.165) is 27.5 Å². The molecule has 3 rings (SSSR count). The lowest BCUT2D eigenvalue weighted by Gasteiger charge is -2.07. The predicted octanol–water partition coefficient (Wildman–Crippen LogP) is 1.31. The fourth-order valence-electron chi connectivity index (χ4n) is 3.13. The van der Waals surface area contributed by atoms with Crippen LogP contribution in [0.1, 0.15) is 16.7 Å². The molecule has 0 fully saturated rings. The Morgan fingerprint density at radius 2 is 1.94 bits per heavy atom. The lowest BCUT2D eigenvalue weighted by Crippen LogP contribution is -2.33. The second kappa shape index (κ2) is 10.5. The van der Waals surface area contributed by atoms with E-state index in [0.29, 0.717) is 23.4 Å². The van der Waals surface area contributed by atoms with Crippen LogP contribution < -0.4 is 33.2 Å². The first-order valence-corrected chi connectivity index (χ1v) is 9.97. The molecule has 0 saturated carbocycles. The Labute approximate surface area is 187 Å². The molecule has 0 amide bonds. The number of benzene rings is 1. The lowest BCUT2D eigenvalue weighted by molar-refractivity contribution is 0.805. The van der Waals surface area contributed by atoms with Gasteiger partial charge in [0.15, 0.2) is 0 Å². The van der Waals surface area contributed by atoms with Crippen molar-refractivity contribution in [1.82, 2.24) is 15.0 Å². The molecule has 162 valence electrons. The molecule has 32 heavy (non-hydrogen) atoms. The molecule has 7 heteroatoms. The summed E-state index contributed by atoms with van der Waals surface area (Å²) in [5, 5.41) is 4.58. The van der Waals surface area contributed by atoms with Gasteiger partial charge in [0.05, 0.1) is 11.1 Å². The number of hydrogen-bond donors (Lipinski definition) is 4. The van der Waals surface area contributed by atoms with Crippen molar-refractivity contribution in [3.63, 3.8) is 0 Å². The Kier molecular flexibility index (Phi) is 7.27. The van der Waals surface area contributed by atoms with Crippen molar-refractivity contribution in [1.29, 1.82) is 0 Å². The topological polar surface area (TPSA) is 120 Å². The minimum atomic E-state index is 0.491. The Bertz CT molecular complexity index is 1270. The number of hydrogen-bond acceptors (Lipinski definition) is 6. The number of nitrogens with zero attached hydrogens (tertiary/aromatic N) is 3. The highest BCUT2D eigenvalue weighted by Gasteiger charge is 2.10. The van der Waals surface area contributed by atoms with Crippen molar-refractivity contribution in [2.45, 2.75) is 6.54 Å². The van der Waals surface area contributed by atoms with Crippen LogP contribution in [0.2, 0.25) is 0 Å². The Morgan fingerprint density at radius 1 is 1.16 bits per heavy atom. The van der Waals surface area contributed by atoms with Crippen LogP contribution in [0.4, 0.5) is 0 Å². The highest BCUT2D eigenvalue weighted by atomic mass is 15.3. The zero-order chi connectivity index (χ0) is 22.9.